The number of hydrogen-bond donors (Lipinski definition) is 1. The number of carbonyl (C=O) groups is 2. The normalized spacial score (nSPS) is 15.4. The van der Waals surface area contributed by atoms with Crippen LogP contribution in [-0.4, -0.2) is 25.0 Å². The lowest BCUT2D eigenvalue weighted by Gasteiger charge is -2.20. The topological polar surface area (TPSA) is 58.6 Å². The number of anilines is 1. The van der Waals surface area contributed by atoms with Crippen LogP contribution in [0.2, 0.25) is 0 Å². The van der Waals surface area contributed by atoms with Gasteiger partial charge in [-0.25, -0.2) is 0 Å². The van der Waals surface area contributed by atoms with E-state index >= 15 is 0 Å². The summed E-state index contributed by atoms with van der Waals surface area (Å²) in [5, 5.41) is 5.13. The fourth-order valence-corrected chi connectivity index (χ4v) is 4.22. The molecule has 0 radical (unpaired) electrons. The predicted molar refractivity (Wildman–Crippen MR) is 119 cm³/mol. The first-order chi connectivity index (χ1) is 14.4. The Bertz CT molecular complexity index is 1120. The van der Waals surface area contributed by atoms with Gasteiger partial charge in [-0.3, -0.25) is 9.59 Å². The molecule has 1 heterocycles. The summed E-state index contributed by atoms with van der Waals surface area (Å²) in [6.45, 7) is 6.50. The van der Waals surface area contributed by atoms with Crippen LogP contribution in [-0.2, 0) is 9.59 Å². The molecule has 1 unspecified atom stereocenters. The lowest BCUT2D eigenvalue weighted by molar-refractivity contribution is -0.126. The quantitative estimate of drug-likeness (QED) is 0.620. The van der Waals surface area contributed by atoms with E-state index in [-0.39, 0.29) is 11.8 Å². The molecular weight excluding hydrogens is 376 g/mol. The monoisotopic (exact) mass is 402 g/mol. The number of carbonyl (C=O) groups excluding carboxylic acids is 2. The van der Waals surface area contributed by atoms with E-state index < -0.39 is 6.04 Å². The highest BCUT2D eigenvalue weighted by atomic mass is 16.5. The SMILES string of the molecule is CC(=O)NC1C(=O)N(CCCOc2ccc3ccccc3c2)c2c(C)cc(C)cc21. The molecular formula is C25H26N2O3. The smallest absolute Gasteiger partial charge is 0.254 e. The number of rotatable bonds is 6. The first-order valence-electron chi connectivity index (χ1n) is 10.3. The van der Waals surface area contributed by atoms with Crippen LogP contribution in [0.1, 0.15) is 36.1 Å². The van der Waals surface area contributed by atoms with Crippen molar-refractivity contribution in [3.63, 3.8) is 0 Å². The second-order valence-electron chi connectivity index (χ2n) is 7.85. The molecule has 0 aromatic heterocycles. The van der Waals surface area contributed by atoms with Crippen LogP contribution in [0.15, 0.2) is 54.6 Å². The van der Waals surface area contributed by atoms with Gasteiger partial charge in [0.1, 0.15) is 11.8 Å². The third-order valence-electron chi connectivity index (χ3n) is 5.43. The molecule has 3 aromatic rings. The van der Waals surface area contributed by atoms with Gasteiger partial charge in [-0.05, 0) is 48.7 Å². The molecule has 154 valence electrons. The van der Waals surface area contributed by atoms with Crippen molar-refractivity contribution in [1.29, 1.82) is 0 Å². The molecule has 0 spiro atoms. The summed E-state index contributed by atoms with van der Waals surface area (Å²) in [5.74, 6) is 0.532. The van der Waals surface area contributed by atoms with E-state index in [0.717, 1.165) is 33.5 Å². The van der Waals surface area contributed by atoms with Crippen molar-refractivity contribution in [2.75, 3.05) is 18.1 Å². The zero-order chi connectivity index (χ0) is 21.3. The van der Waals surface area contributed by atoms with E-state index in [0.29, 0.717) is 19.6 Å². The zero-order valence-corrected chi connectivity index (χ0v) is 17.6. The molecule has 1 aliphatic rings. The molecule has 5 nitrogen and oxygen atoms in total. The number of nitrogens with zero attached hydrogens (tertiary/aromatic N) is 1. The van der Waals surface area contributed by atoms with E-state index in [9.17, 15) is 9.59 Å². The lowest BCUT2D eigenvalue weighted by atomic mass is 10.0. The number of aryl methyl sites for hydroxylation is 2. The molecule has 0 fully saturated rings. The van der Waals surface area contributed by atoms with Crippen LogP contribution in [0.25, 0.3) is 10.8 Å². The van der Waals surface area contributed by atoms with E-state index in [1.54, 1.807) is 4.90 Å². The summed E-state index contributed by atoms with van der Waals surface area (Å²) in [5.41, 5.74) is 3.91. The van der Waals surface area contributed by atoms with Crippen molar-refractivity contribution in [3.8, 4) is 5.75 Å². The Kier molecular flexibility index (Phi) is 5.44. The summed E-state index contributed by atoms with van der Waals surface area (Å²) in [7, 11) is 0. The van der Waals surface area contributed by atoms with Crippen molar-refractivity contribution < 1.29 is 14.3 Å². The summed E-state index contributed by atoms with van der Waals surface area (Å²) in [6.07, 6.45) is 0.693. The molecule has 1 N–H and O–H groups in total. The van der Waals surface area contributed by atoms with Gasteiger partial charge in [0.15, 0.2) is 0 Å². The Balaban J connectivity index is 1.45. The highest BCUT2D eigenvalue weighted by Gasteiger charge is 2.38. The molecule has 0 bridgehead atoms. The van der Waals surface area contributed by atoms with Gasteiger partial charge in [0.05, 0.1) is 12.3 Å². The van der Waals surface area contributed by atoms with Crippen LogP contribution in [0, 0.1) is 13.8 Å². The van der Waals surface area contributed by atoms with E-state index in [1.807, 2.05) is 44.2 Å². The Morgan fingerprint density at radius 3 is 2.60 bits per heavy atom. The summed E-state index contributed by atoms with van der Waals surface area (Å²) < 4.78 is 5.93. The molecule has 4 rings (SSSR count). The van der Waals surface area contributed by atoms with Crippen LogP contribution in [0.5, 0.6) is 5.75 Å². The average Bonchev–Trinajstić information content (AvgIpc) is 2.96. The molecule has 1 aliphatic heterocycles. The molecule has 1 atom stereocenters. The largest absolute Gasteiger partial charge is 0.494 e. The van der Waals surface area contributed by atoms with Gasteiger partial charge in [-0.1, -0.05) is 48.0 Å². The molecule has 0 aliphatic carbocycles. The predicted octanol–water partition coefficient (Wildman–Crippen LogP) is 4.45. The van der Waals surface area contributed by atoms with E-state index in [4.69, 9.17) is 4.74 Å². The first-order valence-corrected chi connectivity index (χ1v) is 10.3. The molecule has 0 saturated heterocycles. The van der Waals surface area contributed by atoms with Gasteiger partial charge in [-0.15, -0.1) is 0 Å². The number of ether oxygens (including phenoxy) is 1. The third-order valence-corrected chi connectivity index (χ3v) is 5.43. The zero-order valence-electron chi connectivity index (χ0n) is 17.6. The second-order valence-corrected chi connectivity index (χ2v) is 7.85. The minimum atomic E-state index is -0.613. The van der Waals surface area contributed by atoms with Crippen molar-refractivity contribution in [3.05, 3.63) is 71.3 Å². The van der Waals surface area contributed by atoms with Gasteiger partial charge < -0.3 is 15.0 Å². The number of amides is 2. The maximum absolute atomic E-state index is 13.0. The number of nitrogens with one attached hydrogen (secondary N) is 1. The maximum Gasteiger partial charge on any atom is 0.254 e. The lowest BCUT2D eigenvalue weighted by Crippen LogP contribution is -2.37. The minimum absolute atomic E-state index is 0.0837. The molecule has 3 aromatic carbocycles. The van der Waals surface area contributed by atoms with Crippen LogP contribution < -0.4 is 15.0 Å². The number of hydrogen-bond acceptors (Lipinski definition) is 3. The van der Waals surface area contributed by atoms with Crippen LogP contribution >= 0.6 is 0 Å². The van der Waals surface area contributed by atoms with Gasteiger partial charge in [0.2, 0.25) is 5.91 Å². The highest BCUT2D eigenvalue weighted by molar-refractivity contribution is 6.07. The van der Waals surface area contributed by atoms with Crippen molar-refractivity contribution in [2.45, 2.75) is 33.2 Å². The summed E-state index contributed by atoms with van der Waals surface area (Å²) in [6, 6.07) is 17.7. The fourth-order valence-electron chi connectivity index (χ4n) is 4.22. The Labute approximate surface area is 176 Å². The minimum Gasteiger partial charge on any atom is -0.494 e. The summed E-state index contributed by atoms with van der Waals surface area (Å²) in [4.78, 5) is 26.5. The average molecular weight is 402 g/mol. The number of fused-ring (bicyclic) bond motifs is 2. The standard InChI is InChI=1S/C25H26N2O3/c1-16-13-17(2)24-22(14-16)23(26-18(3)28)25(29)27(24)11-6-12-30-21-10-9-19-7-4-5-8-20(19)15-21/h4-5,7-10,13-15,23H,6,11-12H2,1-3H3,(H,26,28). The van der Waals surface area contributed by atoms with Crippen molar-refractivity contribution >= 4 is 28.3 Å². The Morgan fingerprint density at radius 2 is 1.83 bits per heavy atom. The van der Waals surface area contributed by atoms with Crippen molar-refractivity contribution in [1.82, 2.24) is 5.32 Å². The molecule has 5 heteroatoms. The molecule has 2 amide bonds. The Morgan fingerprint density at radius 1 is 1.07 bits per heavy atom. The molecule has 0 saturated carbocycles. The van der Waals surface area contributed by atoms with Gasteiger partial charge in [0.25, 0.3) is 5.91 Å². The fraction of sp³-hybridized carbons (Fsp3) is 0.280. The van der Waals surface area contributed by atoms with Gasteiger partial charge >= 0.3 is 0 Å². The first kappa shape index (κ1) is 20.0. The summed E-state index contributed by atoms with van der Waals surface area (Å²) >= 11 is 0. The second kappa shape index (κ2) is 8.19. The van der Waals surface area contributed by atoms with E-state index in [1.165, 1.54) is 12.3 Å². The Hall–Kier alpha value is -3.34. The van der Waals surface area contributed by atoms with Crippen molar-refractivity contribution in [2.24, 2.45) is 0 Å². The van der Waals surface area contributed by atoms with Gasteiger partial charge in [-0.2, -0.15) is 0 Å². The maximum atomic E-state index is 13.0. The van der Waals surface area contributed by atoms with E-state index in [2.05, 4.69) is 29.6 Å². The highest BCUT2D eigenvalue weighted by Crippen LogP contribution is 2.39. The van der Waals surface area contributed by atoms with Gasteiger partial charge in [0, 0.05) is 19.0 Å². The third kappa shape index (κ3) is 3.88. The van der Waals surface area contributed by atoms with Crippen LogP contribution in [0.3, 0.4) is 0 Å². The van der Waals surface area contributed by atoms with Crippen LogP contribution in [0.4, 0.5) is 5.69 Å². The molecule has 30 heavy (non-hydrogen) atoms. The number of benzene rings is 3.